The largest absolute Gasteiger partial charge is 0.456 e. The number of fused-ring (bicyclic) bond motifs is 5. The number of ether oxygens (including phenoxy) is 5. The summed E-state index contributed by atoms with van der Waals surface area (Å²) in [7, 11) is 0. The summed E-state index contributed by atoms with van der Waals surface area (Å²) < 4.78 is 29.5. The van der Waals surface area contributed by atoms with Crippen LogP contribution in [-0.4, -0.2) is 121 Å². The van der Waals surface area contributed by atoms with Crippen LogP contribution in [0.5, 0.6) is 0 Å². The number of hydrogen-bond donors (Lipinski definition) is 8. The van der Waals surface area contributed by atoms with Crippen molar-refractivity contribution in [3.8, 4) is 0 Å². The first-order valence-electron chi connectivity index (χ1n) is 20.3. The molecule has 1 unspecified atom stereocenters. The summed E-state index contributed by atoms with van der Waals surface area (Å²) in [5.74, 6) is -5.36. The zero-order valence-corrected chi connectivity index (χ0v) is 36.3. The van der Waals surface area contributed by atoms with E-state index in [0.717, 1.165) is 6.92 Å². The number of ketones is 1. The first kappa shape index (κ1) is 48.6. The van der Waals surface area contributed by atoms with Crippen molar-refractivity contribution in [2.45, 2.75) is 128 Å². The molecule has 0 spiro atoms. The molecule has 6 rings (SSSR count). The van der Waals surface area contributed by atoms with Gasteiger partial charge in [-0.3, -0.25) is 14.8 Å². The highest BCUT2D eigenvalue weighted by Crippen LogP contribution is 2.64. The van der Waals surface area contributed by atoms with Gasteiger partial charge in [0.25, 0.3) is 0 Å². The maximum atomic E-state index is 14.9. The smallest absolute Gasteiger partial charge is 0.408 e. The Hall–Kier alpha value is -5.44. The molecule has 9 N–H and O–H groups in total. The fourth-order valence-corrected chi connectivity index (χ4v) is 9.56. The molecular weight excluding hydrogens is 826 g/mol. The van der Waals surface area contributed by atoms with Gasteiger partial charge in [-0.1, -0.05) is 62.4 Å². The van der Waals surface area contributed by atoms with Crippen LogP contribution in [0, 0.1) is 16.7 Å². The number of carbonyl (C=O) groups is 6. The average Bonchev–Trinajstić information content (AvgIpc) is 3.21. The van der Waals surface area contributed by atoms with E-state index in [1.807, 2.05) is 0 Å². The highest BCUT2D eigenvalue weighted by molar-refractivity contribution is 5.94. The summed E-state index contributed by atoms with van der Waals surface area (Å²) >= 11 is 0. The molecule has 1 heterocycles. The van der Waals surface area contributed by atoms with E-state index in [1.54, 1.807) is 83.1 Å². The molecule has 3 fully saturated rings. The van der Waals surface area contributed by atoms with Crippen LogP contribution in [0.15, 0.2) is 71.8 Å². The number of aliphatic hydroxyl groups excluding tert-OH is 3. The number of carbonyl (C=O) groups excluding carboxylic acids is 6. The van der Waals surface area contributed by atoms with Crippen molar-refractivity contribution in [2.75, 3.05) is 6.61 Å². The number of benzene rings is 2. The number of aliphatic hydroxyl groups is 4. The third kappa shape index (κ3) is 9.03. The Morgan fingerprint density at radius 2 is 1.52 bits per heavy atom. The predicted octanol–water partition coefficient (Wildman–Crippen LogP) is 2.30. The summed E-state index contributed by atoms with van der Waals surface area (Å²) in [6.45, 7) is 11.8. The normalized spacial score (nSPS) is 31.5. The van der Waals surface area contributed by atoms with E-state index in [1.165, 1.54) is 31.5 Å². The minimum absolute atomic E-state index is 0.0637. The van der Waals surface area contributed by atoms with E-state index in [9.17, 15) is 49.2 Å². The Labute approximate surface area is 363 Å². The van der Waals surface area contributed by atoms with E-state index in [4.69, 9.17) is 28.9 Å². The Balaban J connectivity index is 0.00000141. The maximum absolute atomic E-state index is 14.9. The summed E-state index contributed by atoms with van der Waals surface area (Å²) in [5, 5.41) is 59.0. The van der Waals surface area contributed by atoms with E-state index >= 15 is 0 Å². The molecule has 11 atom stereocenters. The van der Waals surface area contributed by atoms with Crippen molar-refractivity contribution < 1.29 is 78.1 Å². The number of Topliss-reactive ketones (excluding diaryl/α,β-unsaturated/α-hetero) is 1. The average molecular weight is 884 g/mol. The minimum Gasteiger partial charge on any atom is -0.456 e. The molecule has 4 aliphatic rings. The first-order valence-corrected chi connectivity index (χ1v) is 20.3. The molecule has 0 radical (unpaired) electrons. The summed E-state index contributed by atoms with van der Waals surface area (Å²) in [6, 6.07) is 13.7. The quantitative estimate of drug-likeness (QED) is 0.0620. The predicted molar refractivity (Wildman–Crippen MR) is 218 cm³/mol. The molecular formula is C44H57N3O16. The van der Waals surface area contributed by atoms with E-state index in [-0.39, 0.29) is 29.7 Å². The highest BCUT2D eigenvalue weighted by atomic mass is 16.6. The standard InChI is InChI=1S/C43H53NO14.CH4N2O2/c1-22-26(55-37(51)32(48)30(24-15-11-9-12-16-24)44-38(52)58-39(3,4)5)20-43(53)35(56-36(50)25-17-13-10-14-18-25)33-41(8,34(49)31(47)29(22)40(43,6)7)27(46)19-28-42(33,21-54-28)57-23(2)45;2-1(4)3-5/h9-18,26-28,30-33,35,46-48,53H,19-21H2,1-8H3,(H,44,52);5H,(H3,2,3,4)/t26-,27-,28+,30-,31+,32?,33-,35-,41+,42-,43+;/m0./s1. The van der Waals surface area contributed by atoms with Crippen LogP contribution in [-0.2, 0) is 38.1 Å². The lowest BCUT2D eigenvalue weighted by Crippen LogP contribution is -2.81. The van der Waals surface area contributed by atoms with Crippen LogP contribution in [0.3, 0.4) is 0 Å². The van der Waals surface area contributed by atoms with Crippen LogP contribution in [0.2, 0.25) is 0 Å². The third-order valence-corrected chi connectivity index (χ3v) is 12.7. The van der Waals surface area contributed by atoms with Crippen molar-refractivity contribution in [3.63, 3.8) is 0 Å². The second-order valence-corrected chi connectivity index (χ2v) is 18.0. The van der Waals surface area contributed by atoms with Gasteiger partial charge in [0, 0.05) is 25.2 Å². The van der Waals surface area contributed by atoms with Crippen LogP contribution >= 0.6 is 0 Å². The molecule has 63 heavy (non-hydrogen) atoms. The van der Waals surface area contributed by atoms with Gasteiger partial charge in [-0.2, -0.15) is 0 Å². The molecule has 2 bridgehead atoms. The van der Waals surface area contributed by atoms with E-state index in [2.05, 4.69) is 11.1 Å². The van der Waals surface area contributed by atoms with E-state index < -0.39 is 118 Å². The fourth-order valence-electron chi connectivity index (χ4n) is 9.56. The van der Waals surface area contributed by atoms with Crippen LogP contribution in [0.1, 0.15) is 90.2 Å². The van der Waals surface area contributed by atoms with Gasteiger partial charge in [-0.25, -0.2) is 24.7 Å². The first-order chi connectivity index (χ1) is 29.3. The van der Waals surface area contributed by atoms with Crippen molar-refractivity contribution in [3.05, 3.63) is 82.9 Å². The summed E-state index contributed by atoms with van der Waals surface area (Å²) in [5.41, 5.74) is -2.68. The number of nitrogens with two attached hydrogens (primary N) is 1. The van der Waals surface area contributed by atoms with E-state index in [0.29, 0.717) is 5.56 Å². The highest BCUT2D eigenvalue weighted by Gasteiger charge is 2.78. The zero-order valence-electron chi connectivity index (χ0n) is 36.3. The Morgan fingerprint density at radius 1 is 0.952 bits per heavy atom. The molecule has 3 amide bonds. The molecule has 3 aliphatic carbocycles. The van der Waals surface area contributed by atoms with Crippen molar-refractivity contribution in [2.24, 2.45) is 22.5 Å². The molecule has 0 aromatic heterocycles. The van der Waals surface area contributed by atoms with Gasteiger partial charge in [-0.05, 0) is 63.5 Å². The van der Waals surface area contributed by atoms with Crippen LogP contribution in [0.25, 0.3) is 0 Å². The molecule has 2 saturated carbocycles. The van der Waals surface area contributed by atoms with Crippen molar-refractivity contribution in [1.29, 1.82) is 0 Å². The Bertz CT molecular complexity index is 2110. The second kappa shape index (κ2) is 18.0. The SMILES string of the molecule is CC(=O)O[C@@]12CO[C@@H]1C[C@H](O)[C@@]1(C)C(=O)[C@H](O)C3=C(C)[C@@H](OC(=O)C(O)[C@@H](NC(=O)OC(C)(C)C)c4ccccc4)C[C@@](O)([C@@H](OC(=O)c4ccccc4)[C@H]21)C3(C)C.NC(=O)NO. The van der Waals surface area contributed by atoms with Gasteiger partial charge >= 0.3 is 30.0 Å². The number of primary amides is 1. The Morgan fingerprint density at radius 3 is 2.03 bits per heavy atom. The molecule has 19 nitrogen and oxygen atoms in total. The lowest BCUT2D eigenvalue weighted by Gasteiger charge is -2.67. The van der Waals surface area contributed by atoms with Gasteiger partial charge in [-0.15, -0.1) is 0 Å². The topological polar surface area (TPSA) is 300 Å². The van der Waals surface area contributed by atoms with Gasteiger partial charge in [0.15, 0.2) is 17.5 Å². The number of urea groups is 1. The number of nitrogens with one attached hydrogen (secondary N) is 2. The van der Waals surface area contributed by atoms with Crippen molar-refractivity contribution in [1.82, 2.24) is 10.8 Å². The number of esters is 3. The number of hydrogen-bond acceptors (Lipinski definition) is 16. The lowest BCUT2D eigenvalue weighted by atomic mass is 9.44. The van der Waals surface area contributed by atoms with Crippen molar-refractivity contribution >= 4 is 35.8 Å². The summed E-state index contributed by atoms with van der Waals surface area (Å²) in [4.78, 5) is 78.1. The fraction of sp³-hybridized carbons (Fsp3) is 0.545. The molecule has 1 saturated heterocycles. The van der Waals surface area contributed by atoms with Gasteiger partial charge in [0.2, 0.25) is 0 Å². The van der Waals surface area contributed by atoms with Gasteiger partial charge in [0.1, 0.15) is 35.6 Å². The molecule has 344 valence electrons. The second-order valence-electron chi connectivity index (χ2n) is 18.0. The zero-order chi connectivity index (χ0) is 47.0. The molecule has 2 aromatic rings. The molecule has 1 aliphatic heterocycles. The number of rotatable bonds is 8. The van der Waals surface area contributed by atoms with Gasteiger partial charge in [0.05, 0.1) is 35.6 Å². The Kier molecular flexibility index (Phi) is 13.9. The summed E-state index contributed by atoms with van der Waals surface area (Å²) in [6.07, 6.45) is -11.5. The maximum Gasteiger partial charge on any atom is 0.408 e. The third-order valence-electron chi connectivity index (χ3n) is 12.7. The molecule has 19 heteroatoms. The van der Waals surface area contributed by atoms with Crippen LogP contribution < -0.4 is 16.5 Å². The minimum atomic E-state index is -2.35. The molecule has 2 aromatic carbocycles. The number of hydroxylamine groups is 1. The van der Waals surface area contributed by atoms with Crippen LogP contribution in [0.4, 0.5) is 9.59 Å². The monoisotopic (exact) mass is 883 g/mol. The van der Waals surface area contributed by atoms with Gasteiger partial charge < -0.3 is 55.2 Å². The number of alkyl carbamates (subject to hydrolysis) is 1. The lowest BCUT2D eigenvalue weighted by molar-refractivity contribution is -0.346. The number of amides is 3.